The van der Waals surface area contributed by atoms with E-state index in [-0.39, 0.29) is 11.5 Å². The van der Waals surface area contributed by atoms with Crippen molar-refractivity contribution in [3.05, 3.63) is 11.3 Å². The molecule has 90 valence electrons. The Labute approximate surface area is 95.6 Å². The molecule has 0 aliphatic rings. The quantitative estimate of drug-likeness (QED) is 0.773. The van der Waals surface area contributed by atoms with Crippen LogP contribution in [0.1, 0.15) is 43.7 Å². The van der Waals surface area contributed by atoms with Crippen LogP contribution in [0.5, 0.6) is 0 Å². The van der Waals surface area contributed by atoms with Crippen molar-refractivity contribution in [1.82, 2.24) is 10.2 Å². The normalized spacial score (nSPS) is 11.3. The van der Waals surface area contributed by atoms with Gasteiger partial charge in [-0.1, -0.05) is 0 Å². The second-order valence-corrected chi connectivity index (χ2v) is 4.67. The molecule has 0 bridgehead atoms. The number of anilines is 1. The number of hydrogen-bond acceptors (Lipinski definition) is 4. The highest BCUT2D eigenvalue weighted by Gasteiger charge is 2.22. The number of hydrogen-bond donors (Lipinski definition) is 2. The van der Waals surface area contributed by atoms with E-state index in [0.29, 0.717) is 23.7 Å². The largest absolute Gasteiger partial charge is 0.462 e. The SMILES string of the molecule is CCOC(=O)c1c(NC(C)(C)C)n[nH]c1C. The van der Waals surface area contributed by atoms with E-state index in [1.54, 1.807) is 13.8 Å². The maximum atomic E-state index is 11.7. The van der Waals surface area contributed by atoms with E-state index in [4.69, 9.17) is 4.74 Å². The molecule has 0 radical (unpaired) electrons. The number of H-pyrrole nitrogens is 1. The molecular weight excluding hydrogens is 206 g/mol. The summed E-state index contributed by atoms with van der Waals surface area (Å²) >= 11 is 0. The highest BCUT2D eigenvalue weighted by Crippen LogP contribution is 2.20. The lowest BCUT2D eigenvalue weighted by Crippen LogP contribution is -2.27. The van der Waals surface area contributed by atoms with Gasteiger partial charge in [0, 0.05) is 11.2 Å². The smallest absolute Gasteiger partial charge is 0.343 e. The van der Waals surface area contributed by atoms with E-state index in [9.17, 15) is 4.79 Å². The van der Waals surface area contributed by atoms with Crippen LogP contribution in [-0.4, -0.2) is 28.3 Å². The van der Waals surface area contributed by atoms with Crippen molar-refractivity contribution in [2.45, 2.75) is 40.2 Å². The zero-order valence-corrected chi connectivity index (χ0v) is 10.5. The zero-order valence-electron chi connectivity index (χ0n) is 10.5. The zero-order chi connectivity index (χ0) is 12.3. The van der Waals surface area contributed by atoms with Crippen molar-refractivity contribution in [2.75, 3.05) is 11.9 Å². The lowest BCUT2D eigenvalue weighted by Gasteiger charge is -2.20. The Balaban J connectivity index is 2.98. The molecule has 0 spiro atoms. The van der Waals surface area contributed by atoms with Crippen LogP contribution in [-0.2, 0) is 4.74 Å². The number of carbonyl (C=O) groups is 1. The van der Waals surface area contributed by atoms with Crippen LogP contribution in [0, 0.1) is 6.92 Å². The van der Waals surface area contributed by atoms with Crippen molar-refractivity contribution >= 4 is 11.8 Å². The third kappa shape index (κ3) is 2.98. The summed E-state index contributed by atoms with van der Waals surface area (Å²) in [5.74, 6) is 0.198. The minimum atomic E-state index is -0.347. The summed E-state index contributed by atoms with van der Waals surface area (Å²) in [6.45, 7) is 9.96. The number of aryl methyl sites for hydroxylation is 1. The molecule has 0 atom stereocenters. The van der Waals surface area contributed by atoms with E-state index >= 15 is 0 Å². The van der Waals surface area contributed by atoms with Gasteiger partial charge >= 0.3 is 5.97 Å². The Morgan fingerprint density at radius 3 is 2.62 bits per heavy atom. The molecule has 0 amide bonds. The average Bonchev–Trinajstić information content (AvgIpc) is 2.44. The number of aromatic nitrogens is 2. The summed E-state index contributed by atoms with van der Waals surface area (Å²) in [7, 11) is 0. The van der Waals surface area contributed by atoms with E-state index in [1.807, 2.05) is 20.8 Å². The van der Waals surface area contributed by atoms with Crippen LogP contribution >= 0.6 is 0 Å². The Morgan fingerprint density at radius 2 is 2.12 bits per heavy atom. The highest BCUT2D eigenvalue weighted by atomic mass is 16.5. The van der Waals surface area contributed by atoms with Gasteiger partial charge < -0.3 is 10.1 Å². The Kier molecular flexibility index (Phi) is 3.57. The lowest BCUT2D eigenvalue weighted by molar-refractivity contribution is 0.0526. The summed E-state index contributed by atoms with van der Waals surface area (Å²) in [6.07, 6.45) is 0. The number of esters is 1. The predicted octanol–water partition coefficient (Wildman–Crippen LogP) is 2.11. The number of nitrogens with zero attached hydrogens (tertiary/aromatic N) is 1. The summed E-state index contributed by atoms with van der Waals surface area (Å²) in [4.78, 5) is 11.7. The topological polar surface area (TPSA) is 67.0 Å². The highest BCUT2D eigenvalue weighted by molar-refractivity contribution is 5.96. The van der Waals surface area contributed by atoms with Gasteiger partial charge in [0.05, 0.1) is 6.61 Å². The van der Waals surface area contributed by atoms with Gasteiger partial charge in [0.2, 0.25) is 0 Å². The van der Waals surface area contributed by atoms with Gasteiger partial charge in [0.1, 0.15) is 5.56 Å². The summed E-state index contributed by atoms with van der Waals surface area (Å²) in [5, 5.41) is 10.0. The fourth-order valence-corrected chi connectivity index (χ4v) is 1.33. The molecule has 0 aliphatic heterocycles. The van der Waals surface area contributed by atoms with Crippen molar-refractivity contribution < 1.29 is 9.53 Å². The first kappa shape index (κ1) is 12.5. The monoisotopic (exact) mass is 225 g/mol. The second kappa shape index (κ2) is 4.55. The number of nitrogens with one attached hydrogen (secondary N) is 2. The maximum Gasteiger partial charge on any atom is 0.343 e. The second-order valence-electron chi connectivity index (χ2n) is 4.67. The first-order valence-corrected chi connectivity index (χ1v) is 5.35. The molecule has 0 fully saturated rings. The molecule has 1 aromatic rings. The van der Waals surface area contributed by atoms with Gasteiger partial charge in [-0.15, -0.1) is 0 Å². The predicted molar refractivity (Wildman–Crippen MR) is 62.7 cm³/mol. The average molecular weight is 225 g/mol. The standard InChI is InChI=1S/C11H19N3O2/c1-6-16-10(15)8-7(2)13-14-9(8)12-11(3,4)5/h6H2,1-5H3,(H2,12,13,14). The van der Waals surface area contributed by atoms with Crippen LogP contribution < -0.4 is 5.32 Å². The van der Waals surface area contributed by atoms with E-state index in [2.05, 4.69) is 15.5 Å². The minimum absolute atomic E-state index is 0.150. The molecule has 2 N–H and O–H groups in total. The van der Waals surface area contributed by atoms with Gasteiger partial charge in [-0.05, 0) is 34.6 Å². The third-order valence-corrected chi connectivity index (χ3v) is 1.92. The van der Waals surface area contributed by atoms with Crippen LogP contribution in [0.25, 0.3) is 0 Å². The van der Waals surface area contributed by atoms with Gasteiger partial charge in [-0.3, -0.25) is 5.10 Å². The van der Waals surface area contributed by atoms with Crippen molar-refractivity contribution in [3.63, 3.8) is 0 Å². The van der Waals surface area contributed by atoms with Crippen LogP contribution in [0.15, 0.2) is 0 Å². The van der Waals surface area contributed by atoms with Crippen molar-refractivity contribution in [3.8, 4) is 0 Å². The molecule has 5 nitrogen and oxygen atoms in total. The lowest BCUT2D eigenvalue weighted by atomic mass is 10.1. The van der Waals surface area contributed by atoms with E-state index in [0.717, 1.165) is 0 Å². The van der Waals surface area contributed by atoms with Crippen molar-refractivity contribution in [1.29, 1.82) is 0 Å². The van der Waals surface area contributed by atoms with Crippen molar-refractivity contribution in [2.24, 2.45) is 0 Å². The van der Waals surface area contributed by atoms with E-state index < -0.39 is 0 Å². The molecule has 5 heteroatoms. The molecule has 16 heavy (non-hydrogen) atoms. The molecule has 0 saturated carbocycles. The van der Waals surface area contributed by atoms with Crippen LogP contribution in [0.4, 0.5) is 5.82 Å². The van der Waals surface area contributed by atoms with Gasteiger partial charge in [-0.25, -0.2) is 4.79 Å². The van der Waals surface area contributed by atoms with E-state index in [1.165, 1.54) is 0 Å². The van der Waals surface area contributed by atoms with Crippen LogP contribution in [0.3, 0.4) is 0 Å². The fraction of sp³-hybridized carbons (Fsp3) is 0.636. The number of ether oxygens (including phenoxy) is 1. The Bertz CT molecular complexity index is 377. The number of rotatable bonds is 3. The van der Waals surface area contributed by atoms with Crippen LogP contribution in [0.2, 0.25) is 0 Å². The molecule has 0 saturated heterocycles. The molecule has 0 aromatic carbocycles. The first-order valence-electron chi connectivity index (χ1n) is 5.35. The fourth-order valence-electron chi connectivity index (χ4n) is 1.33. The summed E-state index contributed by atoms with van der Waals surface area (Å²) in [5.41, 5.74) is 1.05. The van der Waals surface area contributed by atoms with Gasteiger partial charge in [-0.2, -0.15) is 5.10 Å². The molecule has 1 aromatic heterocycles. The molecule has 0 unspecified atom stereocenters. The van der Waals surface area contributed by atoms with Gasteiger partial charge in [0.15, 0.2) is 5.82 Å². The number of carbonyl (C=O) groups excluding carboxylic acids is 1. The maximum absolute atomic E-state index is 11.7. The Morgan fingerprint density at radius 1 is 1.50 bits per heavy atom. The van der Waals surface area contributed by atoms with Gasteiger partial charge in [0.25, 0.3) is 0 Å². The summed E-state index contributed by atoms with van der Waals surface area (Å²) < 4.78 is 4.98. The summed E-state index contributed by atoms with van der Waals surface area (Å²) in [6, 6.07) is 0. The first-order chi connectivity index (χ1) is 7.35. The third-order valence-electron chi connectivity index (χ3n) is 1.92. The number of aromatic amines is 1. The minimum Gasteiger partial charge on any atom is -0.462 e. The molecule has 1 heterocycles. The molecular formula is C11H19N3O2. The molecule has 0 aliphatic carbocycles. The molecule has 1 rings (SSSR count). The Hall–Kier alpha value is -1.52.